The van der Waals surface area contributed by atoms with Crippen molar-refractivity contribution in [2.24, 2.45) is 5.92 Å². The van der Waals surface area contributed by atoms with E-state index in [9.17, 15) is 9.90 Å². The fourth-order valence-corrected chi connectivity index (χ4v) is 2.50. The monoisotopic (exact) mass is 228 g/mol. The molecule has 1 aliphatic heterocycles. The molecule has 0 bridgehead atoms. The van der Waals surface area contributed by atoms with Crippen LogP contribution in [0.2, 0.25) is 0 Å². The van der Waals surface area contributed by atoms with Crippen LogP contribution < -0.4 is 5.32 Å². The molecule has 16 heavy (non-hydrogen) atoms. The van der Waals surface area contributed by atoms with E-state index >= 15 is 0 Å². The lowest BCUT2D eigenvalue weighted by molar-refractivity contribution is -0.145. The maximum atomic E-state index is 11.2. The number of hydrogen-bond acceptors (Lipinski definition) is 4. The topological polar surface area (TPSA) is 61.8 Å². The minimum Gasteiger partial charge on any atom is -0.480 e. The number of hydrogen-bond donors (Lipinski definition) is 2. The molecule has 1 aliphatic carbocycles. The lowest BCUT2D eigenvalue weighted by atomic mass is 10.1. The summed E-state index contributed by atoms with van der Waals surface area (Å²) in [5.74, 6) is -0.0890. The summed E-state index contributed by atoms with van der Waals surface area (Å²) >= 11 is 0. The Labute approximate surface area is 95.8 Å². The highest BCUT2D eigenvalue weighted by atomic mass is 16.5. The van der Waals surface area contributed by atoms with Crippen LogP contribution in [0.5, 0.6) is 0 Å². The second-order valence-electron chi connectivity index (χ2n) is 4.66. The Bertz CT molecular complexity index is 256. The first-order valence-electron chi connectivity index (χ1n) is 5.92. The van der Waals surface area contributed by atoms with E-state index in [0.29, 0.717) is 19.1 Å². The molecule has 92 valence electrons. The summed E-state index contributed by atoms with van der Waals surface area (Å²) in [6.07, 6.45) is 2.43. The maximum absolute atomic E-state index is 11.2. The number of piperazine rings is 1. The molecule has 1 saturated carbocycles. The summed E-state index contributed by atoms with van der Waals surface area (Å²) in [6, 6.07) is -0.109. The van der Waals surface area contributed by atoms with Gasteiger partial charge in [-0.25, -0.2) is 0 Å². The Morgan fingerprint density at radius 3 is 2.94 bits per heavy atom. The fraction of sp³-hybridized carbons (Fsp3) is 0.909. The average molecular weight is 228 g/mol. The van der Waals surface area contributed by atoms with Crippen molar-refractivity contribution in [2.45, 2.75) is 24.9 Å². The van der Waals surface area contributed by atoms with Crippen molar-refractivity contribution >= 4 is 5.97 Å². The van der Waals surface area contributed by atoms with Gasteiger partial charge in [-0.1, -0.05) is 0 Å². The van der Waals surface area contributed by atoms with Crippen molar-refractivity contribution in [2.75, 3.05) is 33.4 Å². The lowest BCUT2D eigenvalue weighted by Crippen LogP contribution is -2.59. The van der Waals surface area contributed by atoms with Gasteiger partial charge in [-0.05, 0) is 18.8 Å². The Morgan fingerprint density at radius 2 is 2.38 bits per heavy atom. The minimum atomic E-state index is -0.728. The van der Waals surface area contributed by atoms with Gasteiger partial charge in [0.15, 0.2) is 0 Å². The van der Waals surface area contributed by atoms with E-state index in [4.69, 9.17) is 4.74 Å². The first-order valence-corrected chi connectivity index (χ1v) is 5.92. The van der Waals surface area contributed by atoms with E-state index in [1.165, 1.54) is 12.8 Å². The quantitative estimate of drug-likeness (QED) is 0.680. The molecule has 0 amide bonds. The number of nitrogens with zero attached hydrogens (tertiary/aromatic N) is 1. The Morgan fingerprint density at radius 1 is 1.62 bits per heavy atom. The molecule has 2 unspecified atom stereocenters. The van der Waals surface area contributed by atoms with Crippen molar-refractivity contribution in [3.63, 3.8) is 0 Å². The Kier molecular flexibility index (Phi) is 3.78. The molecule has 2 atom stereocenters. The van der Waals surface area contributed by atoms with Crippen LogP contribution in [0.25, 0.3) is 0 Å². The average Bonchev–Trinajstić information content (AvgIpc) is 3.10. The standard InChI is InChI=1S/C11H20N2O3/c1-16-7-10(8-2-3-8)13-5-4-12-6-9(13)11(14)15/h8-10,12H,2-7H2,1H3,(H,14,15). The Hall–Kier alpha value is -0.650. The number of methoxy groups -OCH3 is 1. The van der Waals surface area contributed by atoms with Crippen LogP contribution in [0.4, 0.5) is 0 Å². The zero-order valence-electron chi connectivity index (χ0n) is 9.69. The highest BCUT2D eigenvalue weighted by molar-refractivity contribution is 5.74. The molecule has 2 fully saturated rings. The van der Waals surface area contributed by atoms with Crippen LogP contribution in [0.15, 0.2) is 0 Å². The SMILES string of the molecule is COCC(C1CC1)N1CCNCC1C(=O)O. The molecule has 0 aromatic carbocycles. The van der Waals surface area contributed by atoms with E-state index < -0.39 is 12.0 Å². The number of carboxylic acid groups (broad SMARTS) is 1. The predicted molar refractivity (Wildman–Crippen MR) is 59.4 cm³/mol. The van der Waals surface area contributed by atoms with Crippen molar-refractivity contribution in [3.05, 3.63) is 0 Å². The van der Waals surface area contributed by atoms with Gasteiger partial charge >= 0.3 is 5.97 Å². The third-order valence-corrected chi connectivity index (χ3v) is 3.50. The summed E-state index contributed by atoms with van der Waals surface area (Å²) in [5.41, 5.74) is 0. The summed E-state index contributed by atoms with van der Waals surface area (Å²) in [6.45, 7) is 2.87. The molecule has 0 aromatic heterocycles. The summed E-state index contributed by atoms with van der Waals surface area (Å²) in [4.78, 5) is 13.3. The van der Waals surface area contributed by atoms with Crippen molar-refractivity contribution < 1.29 is 14.6 Å². The van der Waals surface area contributed by atoms with Gasteiger partial charge in [-0.3, -0.25) is 9.69 Å². The number of carboxylic acids is 1. The summed E-state index contributed by atoms with van der Waals surface area (Å²) in [5, 5.41) is 12.3. The van der Waals surface area contributed by atoms with Crippen molar-refractivity contribution in [1.29, 1.82) is 0 Å². The summed E-state index contributed by atoms with van der Waals surface area (Å²) in [7, 11) is 1.69. The second-order valence-corrected chi connectivity index (χ2v) is 4.66. The smallest absolute Gasteiger partial charge is 0.322 e. The van der Waals surface area contributed by atoms with E-state index in [2.05, 4.69) is 10.2 Å². The van der Waals surface area contributed by atoms with Gasteiger partial charge in [0, 0.05) is 32.8 Å². The Balaban J connectivity index is 2.04. The van der Waals surface area contributed by atoms with Gasteiger partial charge in [0.05, 0.1) is 6.61 Å². The largest absolute Gasteiger partial charge is 0.480 e. The molecule has 5 heteroatoms. The van der Waals surface area contributed by atoms with E-state index in [-0.39, 0.29) is 6.04 Å². The number of aliphatic carboxylic acids is 1. The second kappa shape index (κ2) is 5.12. The molecule has 0 spiro atoms. The van der Waals surface area contributed by atoms with Gasteiger partial charge in [0.25, 0.3) is 0 Å². The molecule has 2 rings (SSSR count). The first kappa shape index (κ1) is 11.8. The van der Waals surface area contributed by atoms with Gasteiger partial charge in [-0.15, -0.1) is 0 Å². The highest BCUT2D eigenvalue weighted by Gasteiger charge is 2.41. The van der Waals surface area contributed by atoms with E-state index in [0.717, 1.165) is 13.1 Å². The minimum absolute atomic E-state index is 0.285. The lowest BCUT2D eigenvalue weighted by Gasteiger charge is -2.39. The molecular formula is C11H20N2O3. The molecule has 1 heterocycles. The molecule has 0 radical (unpaired) electrons. The van der Waals surface area contributed by atoms with Crippen LogP contribution in [0, 0.1) is 5.92 Å². The van der Waals surface area contributed by atoms with Gasteiger partial charge in [0.2, 0.25) is 0 Å². The zero-order valence-corrected chi connectivity index (χ0v) is 9.69. The molecule has 5 nitrogen and oxygen atoms in total. The van der Waals surface area contributed by atoms with Crippen LogP contribution in [-0.2, 0) is 9.53 Å². The molecule has 1 saturated heterocycles. The predicted octanol–water partition coefficient (Wildman–Crippen LogP) is -0.230. The van der Waals surface area contributed by atoms with Crippen molar-refractivity contribution in [3.8, 4) is 0 Å². The molecule has 2 N–H and O–H groups in total. The van der Waals surface area contributed by atoms with E-state index in [1.54, 1.807) is 7.11 Å². The van der Waals surface area contributed by atoms with Crippen LogP contribution >= 0.6 is 0 Å². The highest BCUT2D eigenvalue weighted by Crippen LogP contribution is 2.36. The number of ether oxygens (including phenoxy) is 1. The molecular weight excluding hydrogens is 208 g/mol. The van der Waals surface area contributed by atoms with Gasteiger partial charge in [-0.2, -0.15) is 0 Å². The van der Waals surface area contributed by atoms with Crippen LogP contribution in [-0.4, -0.2) is 61.4 Å². The number of nitrogens with one attached hydrogen (secondary N) is 1. The third-order valence-electron chi connectivity index (χ3n) is 3.50. The van der Waals surface area contributed by atoms with Gasteiger partial charge in [0.1, 0.15) is 6.04 Å². The third kappa shape index (κ3) is 2.53. The zero-order chi connectivity index (χ0) is 11.5. The first-order chi connectivity index (χ1) is 7.74. The van der Waals surface area contributed by atoms with Crippen LogP contribution in [0.1, 0.15) is 12.8 Å². The molecule has 2 aliphatic rings. The fourth-order valence-electron chi connectivity index (χ4n) is 2.50. The van der Waals surface area contributed by atoms with Gasteiger partial charge < -0.3 is 15.2 Å². The summed E-state index contributed by atoms with van der Waals surface area (Å²) < 4.78 is 5.23. The molecule has 0 aromatic rings. The number of rotatable bonds is 5. The van der Waals surface area contributed by atoms with E-state index in [1.807, 2.05) is 0 Å². The number of carbonyl (C=O) groups is 1. The maximum Gasteiger partial charge on any atom is 0.322 e. The van der Waals surface area contributed by atoms with Crippen LogP contribution in [0.3, 0.4) is 0 Å². The van der Waals surface area contributed by atoms with Crippen molar-refractivity contribution in [1.82, 2.24) is 10.2 Å². The normalized spacial score (nSPS) is 28.9.